The predicted octanol–water partition coefficient (Wildman–Crippen LogP) is 2.03. The van der Waals surface area contributed by atoms with Gasteiger partial charge >= 0.3 is 6.09 Å². The van der Waals surface area contributed by atoms with E-state index >= 15 is 0 Å². The lowest BCUT2D eigenvalue weighted by Crippen LogP contribution is -2.58. The molecule has 1 aromatic heterocycles. The number of hydrogen-bond donors (Lipinski definition) is 0. The molecule has 0 unspecified atom stereocenters. The van der Waals surface area contributed by atoms with Gasteiger partial charge in [0.1, 0.15) is 5.60 Å². The molecule has 1 amide bonds. The Morgan fingerprint density at radius 3 is 2.58 bits per heavy atom. The van der Waals surface area contributed by atoms with Gasteiger partial charge in [0.2, 0.25) is 0 Å². The molecule has 2 saturated heterocycles. The first kappa shape index (κ1) is 17.1. The van der Waals surface area contributed by atoms with Gasteiger partial charge in [-0.15, -0.1) is 0 Å². The summed E-state index contributed by atoms with van der Waals surface area (Å²) in [5, 5.41) is 4.26. The Balaban J connectivity index is 1.59. The van der Waals surface area contributed by atoms with Crippen molar-refractivity contribution in [1.82, 2.24) is 14.7 Å². The fourth-order valence-electron chi connectivity index (χ4n) is 3.36. The van der Waals surface area contributed by atoms with Crippen molar-refractivity contribution in [2.45, 2.75) is 44.8 Å². The van der Waals surface area contributed by atoms with E-state index in [4.69, 9.17) is 9.47 Å². The van der Waals surface area contributed by atoms with E-state index in [0.717, 1.165) is 31.6 Å². The lowest BCUT2D eigenvalue weighted by Gasteiger charge is -2.47. The third-order valence-corrected chi connectivity index (χ3v) is 4.63. The van der Waals surface area contributed by atoms with E-state index in [2.05, 4.69) is 10.00 Å². The molecule has 3 heterocycles. The number of hydrogen-bond acceptors (Lipinski definition) is 5. The van der Waals surface area contributed by atoms with Crippen LogP contribution in [0.5, 0.6) is 0 Å². The third kappa shape index (κ3) is 3.83. The minimum absolute atomic E-state index is 0.174. The van der Waals surface area contributed by atoms with E-state index in [0.29, 0.717) is 19.7 Å². The monoisotopic (exact) mass is 336 g/mol. The Morgan fingerprint density at radius 2 is 2.00 bits per heavy atom. The lowest BCUT2D eigenvalue weighted by atomic mass is 9.89. The number of carbonyl (C=O) groups is 1. The number of likely N-dealkylation sites (tertiary alicyclic amines) is 1. The Labute approximate surface area is 143 Å². The van der Waals surface area contributed by atoms with Gasteiger partial charge in [-0.05, 0) is 33.6 Å². The van der Waals surface area contributed by atoms with Gasteiger partial charge in [-0.1, -0.05) is 0 Å². The summed E-state index contributed by atoms with van der Waals surface area (Å²) in [4.78, 5) is 16.3. The maximum atomic E-state index is 12.2. The smallest absolute Gasteiger partial charge is 0.410 e. The molecule has 0 N–H and O–H groups in total. The zero-order valence-corrected chi connectivity index (χ0v) is 15.1. The largest absolute Gasteiger partial charge is 0.444 e. The van der Waals surface area contributed by atoms with Crippen molar-refractivity contribution in [1.29, 1.82) is 0 Å². The van der Waals surface area contributed by atoms with Crippen molar-refractivity contribution in [3.8, 4) is 0 Å². The highest BCUT2D eigenvalue weighted by Crippen LogP contribution is 2.32. The van der Waals surface area contributed by atoms with Gasteiger partial charge in [-0.3, -0.25) is 4.68 Å². The fraction of sp³-hybridized carbons (Fsp3) is 0.765. The molecular weight excluding hydrogens is 308 g/mol. The van der Waals surface area contributed by atoms with Gasteiger partial charge in [0.15, 0.2) is 0 Å². The zero-order chi connectivity index (χ0) is 17.4. The second kappa shape index (κ2) is 6.27. The van der Waals surface area contributed by atoms with Crippen molar-refractivity contribution in [3.05, 3.63) is 12.4 Å². The van der Waals surface area contributed by atoms with E-state index in [1.807, 2.05) is 44.9 Å². The van der Waals surface area contributed by atoms with Crippen LogP contribution in [0, 0.1) is 0 Å². The van der Waals surface area contributed by atoms with Gasteiger partial charge in [0.25, 0.3) is 0 Å². The van der Waals surface area contributed by atoms with Crippen LogP contribution in [-0.2, 0) is 16.5 Å². The van der Waals surface area contributed by atoms with Crippen LogP contribution in [0.3, 0.4) is 0 Å². The molecule has 2 aliphatic heterocycles. The summed E-state index contributed by atoms with van der Waals surface area (Å²) in [6.07, 6.45) is 5.38. The first-order chi connectivity index (χ1) is 11.3. The summed E-state index contributed by atoms with van der Waals surface area (Å²) in [6.45, 7) is 9.47. The Kier molecular flexibility index (Phi) is 4.46. The van der Waals surface area contributed by atoms with Gasteiger partial charge < -0.3 is 19.3 Å². The topological polar surface area (TPSA) is 59.8 Å². The van der Waals surface area contributed by atoms with Crippen molar-refractivity contribution >= 4 is 11.8 Å². The molecule has 3 rings (SSSR count). The second-order valence-corrected chi connectivity index (χ2v) is 7.79. The molecular formula is C17H28N4O3. The first-order valence-electron chi connectivity index (χ1n) is 8.62. The fourth-order valence-corrected chi connectivity index (χ4v) is 3.36. The summed E-state index contributed by atoms with van der Waals surface area (Å²) in [5.41, 5.74) is 0.506. The van der Waals surface area contributed by atoms with Gasteiger partial charge in [-0.2, -0.15) is 5.10 Å². The molecule has 1 spiro atoms. The molecule has 24 heavy (non-hydrogen) atoms. The Bertz CT molecular complexity index is 585. The number of rotatable bonds is 1. The highest BCUT2D eigenvalue weighted by Gasteiger charge is 2.41. The van der Waals surface area contributed by atoms with Crippen LogP contribution < -0.4 is 4.90 Å². The number of ether oxygens (including phenoxy) is 2. The molecule has 7 heteroatoms. The van der Waals surface area contributed by atoms with Crippen LogP contribution >= 0.6 is 0 Å². The number of nitrogens with zero attached hydrogens (tertiary/aromatic N) is 4. The number of aryl methyl sites for hydroxylation is 1. The van der Waals surface area contributed by atoms with E-state index in [9.17, 15) is 4.79 Å². The summed E-state index contributed by atoms with van der Waals surface area (Å²) >= 11 is 0. The molecule has 2 fully saturated rings. The Hall–Kier alpha value is -1.76. The molecule has 1 aromatic rings. The number of morpholine rings is 1. The van der Waals surface area contributed by atoms with Crippen LogP contribution in [-0.4, -0.2) is 64.8 Å². The molecule has 0 radical (unpaired) electrons. The highest BCUT2D eigenvalue weighted by atomic mass is 16.6. The van der Waals surface area contributed by atoms with Gasteiger partial charge in [0.05, 0.1) is 24.1 Å². The first-order valence-corrected chi connectivity index (χ1v) is 8.62. The molecule has 2 aliphatic rings. The van der Waals surface area contributed by atoms with E-state index in [1.54, 1.807) is 4.90 Å². The summed E-state index contributed by atoms with van der Waals surface area (Å²) in [5.74, 6) is 0. The third-order valence-electron chi connectivity index (χ3n) is 4.63. The number of carbonyl (C=O) groups excluding carboxylic acids is 1. The van der Waals surface area contributed by atoms with Crippen molar-refractivity contribution < 1.29 is 14.3 Å². The van der Waals surface area contributed by atoms with E-state index in [1.165, 1.54) is 0 Å². The average Bonchev–Trinajstić information content (AvgIpc) is 2.93. The van der Waals surface area contributed by atoms with Gasteiger partial charge in [-0.25, -0.2) is 4.79 Å². The molecule has 0 aliphatic carbocycles. The normalized spacial score (nSPS) is 21.2. The Morgan fingerprint density at radius 1 is 1.29 bits per heavy atom. The van der Waals surface area contributed by atoms with E-state index in [-0.39, 0.29) is 11.7 Å². The highest BCUT2D eigenvalue weighted by molar-refractivity contribution is 5.68. The summed E-state index contributed by atoms with van der Waals surface area (Å²) < 4.78 is 13.4. The maximum Gasteiger partial charge on any atom is 0.410 e. The van der Waals surface area contributed by atoms with Crippen LogP contribution in [0.15, 0.2) is 12.4 Å². The van der Waals surface area contributed by atoms with Crippen molar-refractivity contribution in [2.24, 2.45) is 7.05 Å². The SMILES string of the molecule is Cn1cc(N2CCOC3(CCN(C(=O)OC(C)(C)C)CC3)C2)cn1. The van der Waals surface area contributed by atoms with Gasteiger partial charge in [0, 0.05) is 39.4 Å². The molecule has 0 bridgehead atoms. The minimum Gasteiger partial charge on any atom is -0.444 e. The molecule has 0 atom stereocenters. The molecule has 0 saturated carbocycles. The van der Waals surface area contributed by atoms with Crippen LogP contribution in [0.4, 0.5) is 10.5 Å². The van der Waals surface area contributed by atoms with Crippen molar-refractivity contribution in [2.75, 3.05) is 37.7 Å². The number of amides is 1. The van der Waals surface area contributed by atoms with Crippen LogP contribution in [0.25, 0.3) is 0 Å². The number of piperidine rings is 1. The van der Waals surface area contributed by atoms with E-state index < -0.39 is 5.60 Å². The standard InChI is InChI=1S/C17H28N4O3/c1-16(2,3)24-15(22)20-7-5-17(6-8-20)13-21(9-10-23-17)14-11-18-19(4)12-14/h11-12H,5-10,13H2,1-4H3. The van der Waals surface area contributed by atoms with Crippen LogP contribution in [0.2, 0.25) is 0 Å². The molecule has 7 nitrogen and oxygen atoms in total. The summed E-state index contributed by atoms with van der Waals surface area (Å²) in [7, 11) is 1.93. The minimum atomic E-state index is -0.454. The molecule has 0 aromatic carbocycles. The second-order valence-electron chi connectivity index (χ2n) is 7.79. The predicted molar refractivity (Wildman–Crippen MR) is 91.1 cm³/mol. The quantitative estimate of drug-likeness (QED) is 0.785. The van der Waals surface area contributed by atoms with Crippen LogP contribution in [0.1, 0.15) is 33.6 Å². The maximum absolute atomic E-state index is 12.2. The summed E-state index contributed by atoms with van der Waals surface area (Å²) in [6, 6.07) is 0. The lowest BCUT2D eigenvalue weighted by molar-refractivity contribution is -0.0912. The number of anilines is 1. The zero-order valence-electron chi connectivity index (χ0n) is 15.1. The van der Waals surface area contributed by atoms with Crippen molar-refractivity contribution in [3.63, 3.8) is 0 Å². The molecule has 134 valence electrons. The number of aromatic nitrogens is 2. The average molecular weight is 336 g/mol.